The van der Waals surface area contributed by atoms with Crippen LogP contribution in [0.1, 0.15) is 37.9 Å². The Kier molecular flexibility index (Phi) is 8.78. The maximum atomic E-state index is 13.7. The molecule has 0 fully saturated rings. The summed E-state index contributed by atoms with van der Waals surface area (Å²) in [7, 11) is 1.58. The summed E-state index contributed by atoms with van der Waals surface area (Å²) < 4.78 is 4.97. The fourth-order valence-electron chi connectivity index (χ4n) is 4.08. The Labute approximate surface area is 219 Å². The highest BCUT2D eigenvalue weighted by Gasteiger charge is 2.24. The van der Waals surface area contributed by atoms with E-state index >= 15 is 0 Å². The quantitative estimate of drug-likeness (QED) is 0.176. The van der Waals surface area contributed by atoms with Crippen LogP contribution in [0.25, 0.3) is 10.9 Å². The molecule has 0 unspecified atom stereocenters. The number of halogens is 2. The van der Waals surface area contributed by atoms with E-state index < -0.39 is 6.04 Å². The summed E-state index contributed by atoms with van der Waals surface area (Å²) in [6, 6.07) is 19.8. The molecule has 36 heavy (non-hydrogen) atoms. The van der Waals surface area contributed by atoms with Gasteiger partial charge in [-0.15, -0.1) is 0 Å². The number of H-pyrrole nitrogens is 1. The van der Waals surface area contributed by atoms with Crippen LogP contribution in [-0.2, 0) is 11.2 Å². The van der Waals surface area contributed by atoms with Crippen molar-refractivity contribution in [1.29, 1.82) is 0 Å². The largest absolute Gasteiger partial charge is 0.383 e. The molecule has 3 N–H and O–H groups in total. The minimum absolute atomic E-state index is 0.0630. The van der Waals surface area contributed by atoms with Crippen LogP contribution in [0.15, 0.2) is 72.9 Å². The standard InChI is InChI=1S/C28H27Cl2N3O3/c1-36-14-13-32-28(35)20-8-10-22-23(17-33-25(22)15-20)27(34)26(19-5-3-2-4-6-19)31-12-11-18-7-9-21(29)16-24(18)30/h2-10,15-17,26,31,33H,11-14H2,1H3,(H,32,35)/t26-/m1/s1. The Morgan fingerprint density at radius 1 is 1.00 bits per heavy atom. The second-order valence-electron chi connectivity index (χ2n) is 8.36. The van der Waals surface area contributed by atoms with Crippen LogP contribution in [0.3, 0.4) is 0 Å². The maximum absolute atomic E-state index is 13.7. The van der Waals surface area contributed by atoms with Gasteiger partial charge in [-0.2, -0.15) is 0 Å². The van der Waals surface area contributed by atoms with E-state index in [1.54, 1.807) is 43.6 Å². The van der Waals surface area contributed by atoms with Crippen molar-refractivity contribution in [2.45, 2.75) is 12.5 Å². The molecule has 0 spiro atoms. The molecule has 0 aliphatic carbocycles. The van der Waals surface area contributed by atoms with E-state index in [2.05, 4.69) is 15.6 Å². The Bertz CT molecular complexity index is 1350. The number of amides is 1. The first kappa shape index (κ1) is 25.9. The zero-order valence-electron chi connectivity index (χ0n) is 19.8. The van der Waals surface area contributed by atoms with Gasteiger partial charge in [0.2, 0.25) is 0 Å². The number of Topliss-reactive ketones (excluding diaryl/α,β-unsaturated/α-hetero) is 1. The molecule has 0 aliphatic heterocycles. The van der Waals surface area contributed by atoms with Crippen molar-refractivity contribution in [1.82, 2.24) is 15.6 Å². The maximum Gasteiger partial charge on any atom is 0.251 e. The molecule has 1 amide bonds. The summed E-state index contributed by atoms with van der Waals surface area (Å²) in [6.45, 7) is 1.40. The summed E-state index contributed by atoms with van der Waals surface area (Å²) in [6.07, 6.45) is 2.34. The van der Waals surface area contributed by atoms with E-state index in [-0.39, 0.29) is 11.7 Å². The monoisotopic (exact) mass is 523 g/mol. The lowest BCUT2D eigenvalue weighted by Crippen LogP contribution is -2.30. The van der Waals surface area contributed by atoms with Crippen LogP contribution < -0.4 is 10.6 Å². The van der Waals surface area contributed by atoms with E-state index in [0.29, 0.717) is 47.3 Å². The molecule has 0 saturated carbocycles. The van der Waals surface area contributed by atoms with Crippen molar-refractivity contribution < 1.29 is 14.3 Å². The summed E-state index contributed by atoms with van der Waals surface area (Å²) >= 11 is 12.3. The number of nitrogens with one attached hydrogen (secondary N) is 3. The summed E-state index contributed by atoms with van der Waals surface area (Å²) in [5.74, 6) is -0.256. The number of hydrogen-bond donors (Lipinski definition) is 3. The number of ketones is 1. The van der Waals surface area contributed by atoms with Crippen LogP contribution in [0.2, 0.25) is 10.0 Å². The Morgan fingerprint density at radius 3 is 2.56 bits per heavy atom. The molecule has 1 atom stereocenters. The van der Waals surface area contributed by atoms with Crippen LogP contribution in [-0.4, -0.2) is 43.5 Å². The third-order valence-corrected chi connectivity index (χ3v) is 6.54. The van der Waals surface area contributed by atoms with Gasteiger partial charge < -0.3 is 20.4 Å². The van der Waals surface area contributed by atoms with Crippen LogP contribution in [0.4, 0.5) is 0 Å². The van der Waals surface area contributed by atoms with Gasteiger partial charge in [-0.1, -0.05) is 65.7 Å². The van der Waals surface area contributed by atoms with E-state index in [9.17, 15) is 9.59 Å². The molecule has 1 aromatic heterocycles. The van der Waals surface area contributed by atoms with Gasteiger partial charge in [-0.25, -0.2) is 0 Å². The number of ether oxygens (including phenoxy) is 1. The van der Waals surface area contributed by atoms with Crippen molar-refractivity contribution >= 4 is 45.8 Å². The number of aromatic amines is 1. The lowest BCUT2D eigenvalue weighted by molar-refractivity contribution is 0.0933. The smallest absolute Gasteiger partial charge is 0.251 e. The molecule has 1 heterocycles. The Hall–Kier alpha value is -3.16. The van der Waals surface area contributed by atoms with Gasteiger partial charge >= 0.3 is 0 Å². The highest BCUT2D eigenvalue weighted by atomic mass is 35.5. The molecular weight excluding hydrogens is 497 g/mol. The number of carbonyl (C=O) groups is 2. The fourth-order valence-corrected chi connectivity index (χ4v) is 4.58. The van der Waals surface area contributed by atoms with Gasteiger partial charge in [0.25, 0.3) is 5.91 Å². The highest BCUT2D eigenvalue weighted by Crippen LogP contribution is 2.26. The minimum atomic E-state index is -0.548. The number of aromatic nitrogens is 1. The summed E-state index contributed by atoms with van der Waals surface area (Å²) in [5.41, 5.74) is 3.61. The molecule has 0 radical (unpaired) electrons. The molecule has 8 heteroatoms. The van der Waals surface area contributed by atoms with Crippen molar-refractivity contribution in [2.75, 3.05) is 26.8 Å². The van der Waals surface area contributed by atoms with E-state index in [0.717, 1.165) is 22.0 Å². The third kappa shape index (κ3) is 6.15. The van der Waals surface area contributed by atoms with Gasteiger partial charge in [0.15, 0.2) is 5.78 Å². The highest BCUT2D eigenvalue weighted by molar-refractivity contribution is 6.35. The first-order chi connectivity index (χ1) is 17.5. The van der Waals surface area contributed by atoms with Crippen LogP contribution >= 0.6 is 23.2 Å². The first-order valence-corrected chi connectivity index (χ1v) is 12.4. The summed E-state index contributed by atoms with van der Waals surface area (Å²) in [5, 5.41) is 8.16. The van der Waals surface area contributed by atoms with Gasteiger partial charge in [0.05, 0.1) is 12.6 Å². The van der Waals surface area contributed by atoms with E-state index in [1.165, 1.54) is 0 Å². The van der Waals surface area contributed by atoms with E-state index in [1.807, 2.05) is 36.4 Å². The molecule has 4 aromatic rings. The van der Waals surface area contributed by atoms with Crippen molar-refractivity contribution in [3.05, 3.63) is 105 Å². The second kappa shape index (κ2) is 12.2. The Balaban J connectivity index is 1.54. The normalized spacial score (nSPS) is 12.0. The van der Waals surface area contributed by atoms with E-state index in [4.69, 9.17) is 27.9 Å². The van der Waals surface area contributed by atoms with Crippen molar-refractivity contribution in [2.24, 2.45) is 0 Å². The van der Waals surface area contributed by atoms with Crippen LogP contribution in [0.5, 0.6) is 0 Å². The van der Waals surface area contributed by atoms with Crippen LogP contribution in [0, 0.1) is 0 Å². The molecule has 4 rings (SSSR count). The lowest BCUT2D eigenvalue weighted by atomic mass is 9.96. The average molecular weight is 524 g/mol. The minimum Gasteiger partial charge on any atom is -0.383 e. The summed E-state index contributed by atoms with van der Waals surface area (Å²) in [4.78, 5) is 29.3. The topological polar surface area (TPSA) is 83.2 Å². The molecule has 0 aliphatic rings. The molecular formula is C28H27Cl2N3O3. The van der Waals surface area contributed by atoms with Crippen molar-refractivity contribution in [3.63, 3.8) is 0 Å². The number of methoxy groups -OCH3 is 1. The number of carbonyl (C=O) groups excluding carboxylic acids is 2. The molecule has 186 valence electrons. The van der Waals surface area contributed by atoms with Crippen molar-refractivity contribution in [3.8, 4) is 0 Å². The fraction of sp³-hybridized carbons (Fsp3) is 0.214. The number of benzene rings is 3. The lowest BCUT2D eigenvalue weighted by Gasteiger charge is -2.18. The van der Waals surface area contributed by atoms with Gasteiger partial charge in [0.1, 0.15) is 0 Å². The second-order valence-corrected chi connectivity index (χ2v) is 9.20. The number of fused-ring (bicyclic) bond motifs is 1. The predicted molar refractivity (Wildman–Crippen MR) is 144 cm³/mol. The zero-order chi connectivity index (χ0) is 25.5. The van der Waals surface area contributed by atoms with Gasteiger partial charge in [-0.05, 0) is 41.8 Å². The molecule has 6 nitrogen and oxygen atoms in total. The zero-order valence-corrected chi connectivity index (χ0v) is 21.3. The first-order valence-electron chi connectivity index (χ1n) is 11.6. The predicted octanol–water partition coefficient (Wildman–Crippen LogP) is 5.61. The average Bonchev–Trinajstić information content (AvgIpc) is 3.31. The molecule has 0 saturated heterocycles. The third-order valence-electron chi connectivity index (χ3n) is 5.95. The number of hydrogen-bond acceptors (Lipinski definition) is 4. The number of rotatable bonds is 11. The molecule has 0 bridgehead atoms. The molecule has 3 aromatic carbocycles. The SMILES string of the molecule is COCCNC(=O)c1ccc2c(C(=O)[C@H](NCCc3ccc(Cl)cc3Cl)c3ccccc3)c[nH]c2c1. The van der Waals surface area contributed by atoms with Gasteiger partial charge in [0, 0.05) is 58.5 Å². The van der Waals surface area contributed by atoms with Gasteiger partial charge in [-0.3, -0.25) is 9.59 Å². The Morgan fingerprint density at radius 2 is 1.81 bits per heavy atom.